The number of phenols is 1. The Kier molecular flexibility index (Phi) is 4.66. The fourth-order valence-corrected chi connectivity index (χ4v) is 3.42. The molecule has 0 bridgehead atoms. The van der Waals surface area contributed by atoms with Crippen molar-refractivity contribution in [1.82, 2.24) is 0 Å². The van der Waals surface area contributed by atoms with Gasteiger partial charge in [0.05, 0.1) is 0 Å². The van der Waals surface area contributed by atoms with Crippen molar-refractivity contribution in [3.8, 4) is 5.75 Å². The van der Waals surface area contributed by atoms with E-state index >= 15 is 0 Å². The average Bonchev–Trinajstić information content (AvgIpc) is 2.45. The number of hydrogen-bond acceptors (Lipinski definition) is 2. The molecular weight excluding hydrogens is 260 g/mol. The fraction of sp³-hybridized carbons (Fsp3) is 0.421. The predicted octanol–water partition coefficient (Wildman–Crippen LogP) is 4.78. The summed E-state index contributed by atoms with van der Waals surface area (Å²) < 4.78 is 0. The fourth-order valence-electron chi connectivity index (χ4n) is 3.42. The number of phenolic OH excluding ortho intramolecular Hbond substituents is 1. The highest BCUT2D eigenvalue weighted by molar-refractivity contribution is 5.80. The highest BCUT2D eigenvalue weighted by Crippen LogP contribution is 2.42. The smallest absolute Gasteiger partial charge is 0.150 e. The molecule has 1 aromatic carbocycles. The minimum Gasteiger partial charge on any atom is -0.508 e. The number of carbonyl (C=O) groups is 1. The number of aryl methyl sites for hydroxylation is 1. The summed E-state index contributed by atoms with van der Waals surface area (Å²) in [7, 11) is 0. The van der Waals surface area contributed by atoms with Crippen LogP contribution in [0.15, 0.2) is 35.9 Å². The van der Waals surface area contributed by atoms with Crippen LogP contribution < -0.4 is 0 Å². The molecule has 2 nitrogen and oxygen atoms in total. The Morgan fingerprint density at radius 1 is 1.48 bits per heavy atom. The first kappa shape index (κ1) is 15.6. The maximum absolute atomic E-state index is 11.5. The molecule has 0 aromatic heterocycles. The second kappa shape index (κ2) is 6.30. The number of aromatic hydroxyl groups is 1. The Balaban J connectivity index is 2.64. The van der Waals surface area contributed by atoms with Crippen LogP contribution in [-0.4, -0.2) is 11.4 Å². The van der Waals surface area contributed by atoms with Crippen molar-refractivity contribution < 1.29 is 9.90 Å². The lowest BCUT2D eigenvalue weighted by molar-refractivity contribution is 0.112. The van der Waals surface area contributed by atoms with Gasteiger partial charge >= 0.3 is 0 Å². The summed E-state index contributed by atoms with van der Waals surface area (Å²) in [6, 6.07) is 3.37. The van der Waals surface area contributed by atoms with E-state index in [2.05, 4.69) is 33.4 Å². The van der Waals surface area contributed by atoms with E-state index in [4.69, 9.17) is 0 Å². The normalized spacial score (nSPS) is 21.8. The highest BCUT2D eigenvalue weighted by atomic mass is 16.3. The number of benzene rings is 1. The van der Waals surface area contributed by atoms with Gasteiger partial charge in [0, 0.05) is 11.5 Å². The topological polar surface area (TPSA) is 37.3 Å². The van der Waals surface area contributed by atoms with Crippen molar-refractivity contribution in [3.05, 3.63) is 52.6 Å². The molecule has 112 valence electrons. The Labute approximate surface area is 127 Å². The second-order valence-electron chi connectivity index (χ2n) is 6.11. The third kappa shape index (κ3) is 3.10. The van der Waals surface area contributed by atoms with Gasteiger partial charge in [-0.3, -0.25) is 4.79 Å². The lowest BCUT2D eigenvalue weighted by atomic mass is 9.72. The molecular formula is C19H24O2. The predicted molar refractivity (Wildman–Crippen MR) is 86.9 cm³/mol. The molecule has 0 fully saturated rings. The van der Waals surface area contributed by atoms with Gasteiger partial charge in [0.15, 0.2) is 0 Å². The first-order valence-corrected chi connectivity index (χ1v) is 7.61. The first-order valence-electron chi connectivity index (χ1n) is 7.61. The van der Waals surface area contributed by atoms with Gasteiger partial charge in [-0.25, -0.2) is 0 Å². The van der Waals surface area contributed by atoms with Crippen molar-refractivity contribution in [2.24, 2.45) is 5.92 Å². The zero-order chi connectivity index (χ0) is 15.6. The summed E-state index contributed by atoms with van der Waals surface area (Å²) in [5.41, 5.74) is 5.26. The molecule has 2 heteroatoms. The molecule has 1 N–H and O–H groups in total. The van der Waals surface area contributed by atoms with Crippen LogP contribution in [0.5, 0.6) is 5.75 Å². The molecule has 2 rings (SSSR count). The monoisotopic (exact) mass is 284 g/mol. The zero-order valence-corrected chi connectivity index (χ0v) is 13.1. The van der Waals surface area contributed by atoms with Crippen LogP contribution in [0.3, 0.4) is 0 Å². The van der Waals surface area contributed by atoms with Gasteiger partial charge in [-0.2, -0.15) is 0 Å². The molecule has 1 aromatic rings. The highest BCUT2D eigenvalue weighted by Gasteiger charge is 2.29. The van der Waals surface area contributed by atoms with Crippen LogP contribution in [0.1, 0.15) is 61.0 Å². The van der Waals surface area contributed by atoms with Crippen LogP contribution in [0.4, 0.5) is 0 Å². The molecule has 0 amide bonds. The molecule has 21 heavy (non-hydrogen) atoms. The Hall–Kier alpha value is -1.83. The van der Waals surface area contributed by atoms with E-state index < -0.39 is 0 Å². The molecule has 0 radical (unpaired) electrons. The summed E-state index contributed by atoms with van der Waals surface area (Å²) >= 11 is 0. The van der Waals surface area contributed by atoms with Crippen LogP contribution in [0, 0.1) is 5.92 Å². The molecule has 0 heterocycles. The van der Waals surface area contributed by atoms with E-state index in [1.165, 1.54) is 5.57 Å². The minimum atomic E-state index is 0.168. The van der Waals surface area contributed by atoms with Gasteiger partial charge in [0.1, 0.15) is 12.0 Å². The van der Waals surface area contributed by atoms with E-state index in [9.17, 15) is 9.90 Å². The summed E-state index contributed by atoms with van der Waals surface area (Å²) in [6.45, 7) is 10.4. The Morgan fingerprint density at radius 3 is 2.76 bits per heavy atom. The quantitative estimate of drug-likeness (QED) is 0.638. The van der Waals surface area contributed by atoms with E-state index in [0.29, 0.717) is 11.5 Å². The average molecular weight is 284 g/mol. The third-order valence-corrected chi connectivity index (χ3v) is 4.50. The molecule has 0 saturated heterocycles. The molecule has 2 atom stereocenters. The maximum Gasteiger partial charge on any atom is 0.150 e. The van der Waals surface area contributed by atoms with Crippen LogP contribution in [0.2, 0.25) is 0 Å². The van der Waals surface area contributed by atoms with Crippen molar-refractivity contribution in [2.45, 2.75) is 46.0 Å². The van der Waals surface area contributed by atoms with Crippen LogP contribution in [0.25, 0.3) is 0 Å². The molecule has 2 unspecified atom stereocenters. The van der Waals surface area contributed by atoms with Gasteiger partial charge in [-0.15, -0.1) is 0 Å². The van der Waals surface area contributed by atoms with Gasteiger partial charge in [0.25, 0.3) is 0 Å². The van der Waals surface area contributed by atoms with Gasteiger partial charge in [0.2, 0.25) is 0 Å². The molecule has 0 aliphatic heterocycles. The number of aldehydes is 1. The first-order chi connectivity index (χ1) is 9.97. The minimum absolute atomic E-state index is 0.168. The Morgan fingerprint density at radius 2 is 2.19 bits per heavy atom. The number of carbonyl (C=O) groups excluding carboxylic acids is 1. The molecule has 0 spiro atoms. The van der Waals surface area contributed by atoms with Gasteiger partial charge in [-0.05, 0) is 62.3 Å². The van der Waals surface area contributed by atoms with Gasteiger partial charge in [-0.1, -0.05) is 30.7 Å². The summed E-state index contributed by atoms with van der Waals surface area (Å²) in [5.74, 6) is 0.718. The van der Waals surface area contributed by atoms with E-state index in [0.717, 1.165) is 42.2 Å². The molecule has 0 saturated carbocycles. The van der Waals surface area contributed by atoms with Crippen molar-refractivity contribution in [2.75, 3.05) is 0 Å². The van der Waals surface area contributed by atoms with Crippen molar-refractivity contribution in [3.63, 3.8) is 0 Å². The zero-order valence-electron chi connectivity index (χ0n) is 13.1. The summed E-state index contributed by atoms with van der Waals surface area (Å²) in [4.78, 5) is 11.5. The van der Waals surface area contributed by atoms with Gasteiger partial charge < -0.3 is 5.11 Å². The molecule has 1 aliphatic rings. The second-order valence-corrected chi connectivity index (χ2v) is 6.11. The number of hydrogen-bond donors (Lipinski definition) is 1. The van der Waals surface area contributed by atoms with E-state index in [1.54, 1.807) is 12.1 Å². The number of allylic oxidation sites excluding steroid dienone is 3. The SMILES string of the molecule is C=C(C)C1CCC(C)=CC1c1c(C=O)cc(O)cc1CC. The van der Waals surface area contributed by atoms with Crippen molar-refractivity contribution >= 4 is 6.29 Å². The lowest BCUT2D eigenvalue weighted by Crippen LogP contribution is -2.19. The van der Waals surface area contributed by atoms with E-state index in [1.807, 2.05) is 0 Å². The van der Waals surface area contributed by atoms with E-state index in [-0.39, 0.29) is 11.7 Å². The summed E-state index contributed by atoms with van der Waals surface area (Å²) in [5, 5.41) is 9.81. The maximum atomic E-state index is 11.5. The van der Waals surface area contributed by atoms with Crippen LogP contribution in [-0.2, 0) is 6.42 Å². The number of rotatable bonds is 4. The standard InChI is InChI=1S/C19H24O2/c1-5-14-9-16(21)10-15(11-20)19(14)18-8-13(4)6-7-17(18)12(2)3/h8-11,17-18,21H,2,5-7H2,1,3-4H3. The lowest BCUT2D eigenvalue weighted by Gasteiger charge is -2.32. The molecule has 1 aliphatic carbocycles. The Bertz CT molecular complexity index is 596. The summed E-state index contributed by atoms with van der Waals surface area (Å²) in [6.07, 6.45) is 6.11. The van der Waals surface area contributed by atoms with Crippen LogP contribution >= 0.6 is 0 Å². The third-order valence-electron chi connectivity index (χ3n) is 4.50. The van der Waals surface area contributed by atoms with Crippen molar-refractivity contribution in [1.29, 1.82) is 0 Å². The largest absolute Gasteiger partial charge is 0.508 e.